The molecule has 7 heteroatoms. The van der Waals surface area contributed by atoms with Crippen molar-refractivity contribution in [1.82, 2.24) is 15.2 Å². The Kier molecular flexibility index (Phi) is 6.40. The van der Waals surface area contributed by atoms with Crippen LogP contribution in [-0.4, -0.2) is 56.0 Å². The van der Waals surface area contributed by atoms with E-state index in [1.54, 1.807) is 7.05 Å². The molecule has 0 aromatic carbocycles. The molecule has 24 heavy (non-hydrogen) atoms. The Labute approximate surface area is 143 Å². The summed E-state index contributed by atoms with van der Waals surface area (Å²) in [5, 5.41) is 3.41. The number of hydrogen-bond donors (Lipinski definition) is 2. The Hall–Kier alpha value is -2.31. The number of aliphatic imine (C=N–C) groups is 1. The summed E-state index contributed by atoms with van der Waals surface area (Å²) in [5.74, 6) is 1.89. The lowest BCUT2D eigenvalue weighted by Gasteiger charge is -2.34. The molecule has 1 atom stereocenters. The average Bonchev–Trinajstić information content (AvgIpc) is 2.55. The molecular weight excluding hydrogens is 304 g/mol. The standard InChI is InChI=1S/C17H28N6O/c1-19-17(23-8-4-5-14(12-23)9-15(18)24)21-11-13-6-7-20-16(10-13)22(2)3/h6-7,10,14H,4-5,8-9,11-12H2,1-3H3,(H2,18,24)(H,19,21). The predicted molar refractivity (Wildman–Crippen MR) is 96.9 cm³/mol. The number of nitrogens with two attached hydrogens (primary N) is 1. The highest BCUT2D eigenvalue weighted by atomic mass is 16.1. The Morgan fingerprint density at radius 1 is 1.54 bits per heavy atom. The maximum Gasteiger partial charge on any atom is 0.217 e. The molecule has 1 amide bonds. The van der Waals surface area contributed by atoms with Gasteiger partial charge in [0.1, 0.15) is 5.82 Å². The molecule has 1 fully saturated rings. The molecule has 0 saturated carbocycles. The second-order valence-electron chi connectivity index (χ2n) is 6.44. The molecular formula is C17H28N6O. The van der Waals surface area contributed by atoms with Gasteiger partial charge in [-0.05, 0) is 36.5 Å². The van der Waals surface area contributed by atoms with E-state index in [-0.39, 0.29) is 5.91 Å². The topological polar surface area (TPSA) is 86.8 Å². The fourth-order valence-electron chi connectivity index (χ4n) is 3.04. The highest BCUT2D eigenvalue weighted by molar-refractivity contribution is 5.80. The summed E-state index contributed by atoms with van der Waals surface area (Å²) in [6.07, 6.45) is 4.37. The number of piperidine rings is 1. The number of pyridine rings is 1. The fourth-order valence-corrected chi connectivity index (χ4v) is 3.04. The van der Waals surface area contributed by atoms with Crippen molar-refractivity contribution in [3.63, 3.8) is 0 Å². The van der Waals surface area contributed by atoms with Crippen molar-refractivity contribution >= 4 is 17.7 Å². The SMILES string of the molecule is CN=C(NCc1ccnc(N(C)C)c1)N1CCCC(CC(N)=O)C1. The minimum atomic E-state index is -0.224. The zero-order valence-corrected chi connectivity index (χ0v) is 14.8. The van der Waals surface area contributed by atoms with E-state index < -0.39 is 0 Å². The Balaban J connectivity index is 1.94. The first-order valence-electron chi connectivity index (χ1n) is 8.35. The van der Waals surface area contributed by atoms with E-state index in [1.165, 1.54) is 0 Å². The third-order valence-electron chi connectivity index (χ3n) is 4.24. The summed E-state index contributed by atoms with van der Waals surface area (Å²) in [5.41, 5.74) is 6.49. The van der Waals surface area contributed by atoms with Crippen LogP contribution in [0.3, 0.4) is 0 Å². The van der Waals surface area contributed by atoms with Crippen LogP contribution in [0.4, 0.5) is 5.82 Å². The summed E-state index contributed by atoms with van der Waals surface area (Å²) in [6, 6.07) is 4.06. The van der Waals surface area contributed by atoms with E-state index in [4.69, 9.17) is 5.73 Å². The van der Waals surface area contributed by atoms with Gasteiger partial charge in [-0.25, -0.2) is 4.98 Å². The molecule has 0 aliphatic carbocycles. The van der Waals surface area contributed by atoms with Gasteiger partial charge in [0.25, 0.3) is 0 Å². The summed E-state index contributed by atoms with van der Waals surface area (Å²) >= 11 is 0. The lowest BCUT2D eigenvalue weighted by atomic mass is 9.95. The molecule has 1 unspecified atom stereocenters. The lowest BCUT2D eigenvalue weighted by molar-refractivity contribution is -0.119. The quantitative estimate of drug-likeness (QED) is 0.615. The van der Waals surface area contributed by atoms with Crippen LogP contribution in [0.2, 0.25) is 0 Å². The van der Waals surface area contributed by atoms with Gasteiger partial charge >= 0.3 is 0 Å². The van der Waals surface area contributed by atoms with Gasteiger partial charge in [-0.2, -0.15) is 0 Å². The van der Waals surface area contributed by atoms with Gasteiger partial charge in [0, 0.05) is 53.4 Å². The first kappa shape index (κ1) is 18.0. The molecule has 2 rings (SSSR count). The largest absolute Gasteiger partial charge is 0.370 e. The average molecular weight is 332 g/mol. The third kappa shape index (κ3) is 5.11. The third-order valence-corrected chi connectivity index (χ3v) is 4.24. The van der Waals surface area contributed by atoms with E-state index in [9.17, 15) is 4.79 Å². The zero-order valence-electron chi connectivity index (χ0n) is 14.8. The van der Waals surface area contributed by atoms with E-state index >= 15 is 0 Å². The van der Waals surface area contributed by atoms with Crippen LogP contribution in [0.25, 0.3) is 0 Å². The van der Waals surface area contributed by atoms with Crippen LogP contribution in [0, 0.1) is 5.92 Å². The number of guanidine groups is 1. The number of carbonyl (C=O) groups excluding carboxylic acids is 1. The Morgan fingerprint density at radius 3 is 3.00 bits per heavy atom. The molecule has 132 valence electrons. The number of nitrogens with zero attached hydrogens (tertiary/aromatic N) is 4. The summed E-state index contributed by atoms with van der Waals surface area (Å²) in [7, 11) is 5.74. The Morgan fingerprint density at radius 2 is 2.33 bits per heavy atom. The molecule has 2 heterocycles. The number of primary amides is 1. The number of carbonyl (C=O) groups is 1. The second-order valence-corrected chi connectivity index (χ2v) is 6.44. The Bertz CT molecular complexity index is 586. The maximum atomic E-state index is 11.2. The van der Waals surface area contributed by atoms with Crippen molar-refractivity contribution in [3.05, 3.63) is 23.9 Å². The van der Waals surface area contributed by atoms with Gasteiger partial charge in [-0.1, -0.05) is 0 Å². The number of likely N-dealkylation sites (tertiary alicyclic amines) is 1. The van der Waals surface area contributed by atoms with Gasteiger partial charge in [0.15, 0.2) is 5.96 Å². The maximum absolute atomic E-state index is 11.2. The monoisotopic (exact) mass is 332 g/mol. The van der Waals surface area contributed by atoms with Crippen LogP contribution < -0.4 is 16.0 Å². The van der Waals surface area contributed by atoms with Crippen LogP contribution in [0.15, 0.2) is 23.3 Å². The molecule has 7 nitrogen and oxygen atoms in total. The fraction of sp³-hybridized carbons (Fsp3) is 0.588. The minimum absolute atomic E-state index is 0.224. The first-order valence-corrected chi connectivity index (χ1v) is 8.35. The van der Waals surface area contributed by atoms with Crippen molar-refractivity contribution in [2.24, 2.45) is 16.6 Å². The number of amides is 1. The smallest absolute Gasteiger partial charge is 0.217 e. The number of anilines is 1. The van der Waals surface area contributed by atoms with Crippen molar-refractivity contribution in [3.8, 4) is 0 Å². The molecule has 0 bridgehead atoms. The van der Waals surface area contributed by atoms with Gasteiger partial charge in [0.05, 0.1) is 0 Å². The summed E-state index contributed by atoms with van der Waals surface area (Å²) < 4.78 is 0. The second kappa shape index (κ2) is 8.52. The number of hydrogen-bond acceptors (Lipinski definition) is 4. The molecule has 1 saturated heterocycles. The zero-order chi connectivity index (χ0) is 17.5. The van der Waals surface area contributed by atoms with E-state index in [0.717, 1.165) is 43.3 Å². The summed E-state index contributed by atoms with van der Waals surface area (Å²) in [6.45, 7) is 2.46. The summed E-state index contributed by atoms with van der Waals surface area (Å²) in [4.78, 5) is 24.1. The van der Waals surface area contributed by atoms with Crippen LogP contribution in [0.5, 0.6) is 0 Å². The van der Waals surface area contributed by atoms with Crippen molar-refractivity contribution in [2.75, 3.05) is 39.1 Å². The van der Waals surface area contributed by atoms with Crippen molar-refractivity contribution in [2.45, 2.75) is 25.8 Å². The highest BCUT2D eigenvalue weighted by Gasteiger charge is 2.23. The van der Waals surface area contributed by atoms with Crippen molar-refractivity contribution in [1.29, 1.82) is 0 Å². The molecule has 1 aliphatic rings. The number of nitrogens with one attached hydrogen (secondary N) is 1. The van der Waals surface area contributed by atoms with Crippen LogP contribution in [0.1, 0.15) is 24.8 Å². The van der Waals surface area contributed by atoms with Crippen molar-refractivity contribution < 1.29 is 4.79 Å². The normalized spacial score (nSPS) is 18.4. The molecule has 1 aliphatic heterocycles. The lowest BCUT2D eigenvalue weighted by Crippen LogP contribution is -2.46. The molecule has 1 aromatic heterocycles. The van der Waals surface area contributed by atoms with Crippen LogP contribution >= 0.6 is 0 Å². The minimum Gasteiger partial charge on any atom is -0.370 e. The van der Waals surface area contributed by atoms with Gasteiger partial charge in [-0.15, -0.1) is 0 Å². The van der Waals surface area contributed by atoms with Gasteiger partial charge in [0.2, 0.25) is 5.91 Å². The molecule has 3 N–H and O–H groups in total. The number of aromatic nitrogens is 1. The molecule has 0 radical (unpaired) electrons. The van der Waals surface area contributed by atoms with E-state index in [0.29, 0.717) is 18.9 Å². The first-order chi connectivity index (χ1) is 11.5. The van der Waals surface area contributed by atoms with Gasteiger partial charge in [-0.3, -0.25) is 9.79 Å². The van der Waals surface area contributed by atoms with Crippen LogP contribution in [-0.2, 0) is 11.3 Å². The highest BCUT2D eigenvalue weighted by Crippen LogP contribution is 2.19. The van der Waals surface area contributed by atoms with E-state index in [2.05, 4.69) is 26.3 Å². The van der Waals surface area contributed by atoms with Gasteiger partial charge < -0.3 is 20.9 Å². The number of rotatable bonds is 5. The molecule has 1 aromatic rings. The molecule has 0 spiro atoms. The predicted octanol–water partition coefficient (Wildman–Crippen LogP) is 0.810. The van der Waals surface area contributed by atoms with E-state index in [1.807, 2.05) is 31.3 Å².